The van der Waals surface area contributed by atoms with Crippen LogP contribution in [-0.2, 0) is 24.1 Å². The van der Waals surface area contributed by atoms with E-state index in [1.165, 1.54) is 0 Å². The molecule has 0 aromatic carbocycles. The van der Waals surface area contributed by atoms with Gasteiger partial charge in [-0.15, -0.1) is 0 Å². The van der Waals surface area contributed by atoms with Crippen LogP contribution in [0, 0.1) is 0 Å². The fourth-order valence-electron chi connectivity index (χ4n) is 1.17. The second kappa shape index (κ2) is 6.74. The minimum atomic E-state index is -3.23. The Labute approximate surface area is 113 Å². The largest absolute Gasteiger partial charge is 0.467 e. The molecule has 0 spiro atoms. The van der Waals surface area contributed by atoms with Gasteiger partial charge in [-0.05, 0) is 27.2 Å². The third kappa shape index (κ3) is 9.29. The topological polar surface area (TPSA) is 98.8 Å². The van der Waals surface area contributed by atoms with Gasteiger partial charge in [0.1, 0.15) is 21.5 Å². The van der Waals surface area contributed by atoms with Crippen molar-refractivity contribution in [1.29, 1.82) is 0 Å². The number of alkyl carbamates (subject to hydrolysis) is 1. The number of carbonyl (C=O) groups is 2. The molecule has 1 N–H and O–H groups in total. The highest BCUT2D eigenvalue weighted by atomic mass is 32.2. The maximum atomic E-state index is 11.5. The van der Waals surface area contributed by atoms with Gasteiger partial charge in [0.25, 0.3) is 0 Å². The Kier molecular flexibility index (Phi) is 6.28. The molecular formula is C11H21NO6S. The van der Waals surface area contributed by atoms with Crippen molar-refractivity contribution in [1.82, 2.24) is 5.32 Å². The quantitative estimate of drug-likeness (QED) is 0.741. The molecule has 0 rings (SSSR count). The molecule has 0 saturated heterocycles. The molecule has 0 saturated carbocycles. The summed E-state index contributed by atoms with van der Waals surface area (Å²) in [5, 5.41) is 2.30. The molecule has 19 heavy (non-hydrogen) atoms. The Morgan fingerprint density at radius 3 is 2.16 bits per heavy atom. The molecule has 0 fully saturated rings. The first kappa shape index (κ1) is 17.7. The molecule has 0 aromatic heterocycles. The lowest BCUT2D eigenvalue weighted by molar-refractivity contribution is -0.143. The summed E-state index contributed by atoms with van der Waals surface area (Å²) in [4.78, 5) is 23.0. The number of carbonyl (C=O) groups excluding carboxylic acids is 2. The normalized spacial score (nSPS) is 13.5. The second-order valence-electron chi connectivity index (χ2n) is 5.14. The van der Waals surface area contributed by atoms with Crippen molar-refractivity contribution < 1.29 is 27.5 Å². The van der Waals surface area contributed by atoms with Crippen LogP contribution in [0.5, 0.6) is 0 Å². The average Bonchev–Trinajstić information content (AvgIpc) is 2.19. The lowest BCUT2D eigenvalue weighted by Crippen LogP contribution is -2.44. The summed E-state index contributed by atoms with van der Waals surface area (Å²) in [6, 6.07) is -1.05. The van der Waals surface area contributed by atoms with E-state index >= 15 is 0 Å². The third-order valence-corrected chi connectivity index (χ3v) is 2.93. The molecule has 112 valence electrons. The van der Waals surface area contributed by atoms with E-state index in [4.69, 9.17) is 4.74 Å². The molecule has 1 unspecified atom stereocenters. The smallest absolute Gasteiger partial charge is 0.408 e. The van der Waals surface area contributed by atoms with Crippen LogP contribution in [0.25, 0.3) is 0 Å². The van der Waals surface area contributed by atoms with Gasteiger partial charge in [0.15, 0.2) is 0 Å². The minimum absolute atomic E-state index is 0.0647. The summed E-state index contributed by atoms with van der Waals surface area (Å²) in [7, 11) is -2.07. The molecule has 7 nitrogen and oxygen atoms in total. The van der Waals surface area contributed by atoms with E-state index in [0.717, 1.165) is 13.4 Å². The molecule has 0 aliphatic heterocycles. The van der Waals surface area contributed by atoms with Crippen molar-refractivity contribution in [2.24, 2.45) is 0 Å². The van der Waals surface area contributed by atoms with Crippen molar-refractivity contribution in [2.45, 2.75) is 38.8 Å². The molecule has 0 bridgehead atoms. The van der Waals surface area contributed by atoms with Crippen molar-refractivity contribution in [2.75, 3.05) is 19.1 Å². The Bertz CT molecular complexity index is 423. The maximum Gasteiger partial charge on any atom is 0.408 e. The molecule has 1 atom stereocenters. The van der Waals surface area contributed by atoms with Crippen molar-refractivity contribution in [3.63, 3.8) is 0 Å². The molecule has 0 radical (unpaired) electrons. The van der Waals surface area contributed by atoms with Gasteiger partial charge in [-0.2, -0.15) is 0 Å². The molecule has 8 heteroatoms. The zero-order valence-electron chi connectivity index (χ0n) is 11.8. The zero-order chi connectivity index (χ0) is 15.3. The molecule has 1 amide bonds. The number of ether oxygens (including phenoxy) is 2. The van der Waals surface area contributed by atoms with Crippen LogP contribution in [0.1, 0.15) is 27.2 Å². The summed E-state index contributed by atoms with van der Waals surface area (Å²) >= 11 is 0. The van der Waals surface area contributed by atoms with Gasteiger partial charge in [0.05, 0.1) is 12.9 Å². The molecular weight excluding hydrogens is 274 g/mol. The molecule has 0 aromatic rings. The number of hydrogen-bond acceptors (Lipinski definition) is 6. The first-order chi connectivity index (χ1) is 8.44. The number of sulfone groups is 1. The van der Waals surface area contributed by atoms with E-state index in [-0.39, 0.29) is 12.2 Å². The predicted molar refractivity (Wildman–Crippen MR) is 69.5 cm³/mol. The van der Waals surface area contributed by atoms with Crippen molar-refractivity contribution >= 4 is 21.9 Å². The second-order valence-corrected chi connectivity index (χ2v) is 7.40. The summed E-state index contributed by atoms with van der Waals surface area (Å²) in [6.45, 7) is 5.03. The fraction of sp³-hybridized carbons (Fsp3) is 0.818. The highest BCUT2D eigenvalue weighted by Crippen LogP contribution is 2.08. The van der Waals surface area contributed by atoms with E-state index in [2.05, 4.69) is 10.1 Å². The van der Waals surface area contributed by atoms with Crippen LogP contribution in [0.4, 0.5) is 4.79 Å². The Hall–Kier alpha value is -1.31. The van der Waals surface area contributed by atoms with Crippen LogP contribution in [0.15, 0.2) is 0 Å². The van der Waals surface area contributed by atoms with Crippen molar-refractivity contribution in [3.8, 4) is 0 Å². The lowest BCUT2D eigenvalue weighted by atomic mass is 10.2. The Morgan fingerprint density at radius 1 is 1.26 bits per heavy atom. The zero-order valence-corrected chi connectivity index (χ0v) is 12.7. The van der Waals surface area contributed by atoms with Crippen LogP contribution >= 0.6 is 0 Å². The molecule has 0 aliphatic carbocycles. The highest BCUT2D eigenvalue weighted by Gasteiger charge is 2.25. The number of methoxy groups -OCH3 is 1. The third-order valence-electron chi connectivity index (χ3n) is 1.95. The summed E-state index contributed by atoms with van der Waals surface area (Å²) < 4.78 is 31.6. The highest BCUT2D eigenvalue weighted by molar-refractivity contribution is 7.90. The van der Waals surface area contributed by atoms with Crippen LogP contribution in [0.2, 0.25) is 0 Å². The average molecular weight is 295 g/mol. The molecule has 0 aliphatic rings. The van der Waals surface area contributed by atoms with E-state index in [9.17, 15) is 18.0 Å². The van der Waals surface area contributed by atoms with E-state index in [1.807, 2.05) is 0 Å². The summed E-state index contributed by atoms with van der Waals surface area (Å²) in [5.74, 6) is -0.947. The number of hydrogen-bond donors (Lipinski definition) is 1. The fourth-order valence-corrected chi connectivity index (χ4v) is 1.84. The van der Waals surface area contributed by atoms with Gasteiger partial charge in [-0.3, -0.25) is 0 Å². The van der Waals surface area contributed by atoms with E-state index in [1.54, 1.807) is 20.8 Å². The predicted octanol–water partition coefficient (Wildman–Crippen LogP) is 0.487. The Balaban J connectivity index is 4.61. The standard InChI is InChI=1S/C11H21NO6S/c1-11(2,3)18-10(14)12-8(9(13)17-4)6-7-19(5,15)16/h8H,6-7H2,1-5H3,(H,12,14). The maximum absolute atomic E-state index is 11.5. The van der Waals surface area contributed by atoms with Gasteiger partial charge in [0, 0.05) is 6.26 Å². The number of rotatable bonds is 5. The number of amides is 1. The lowest BCUT2D eigenvalue weighted by Gasteiger charge is -2.22. The number of esters is 1. The first-order valence-corrected chi connectivity index (χ1v) is 7.76. The van der Waals surface area contributed by atoms with Crippen molar-refractivity contribution in [3.05, 3.63) is 0 Å². The van der Waals surface area contributed by atoms with Crippen LogP contribution in [0.3, 0.4) is 0 Å². The molecule has 0 heterocycles. The SMILES string of the molecule is COC(=O)C(CCS(C)(=O)=O)NC(=O)OC(C)(C)C. The van der Waals surface area contributed by atoms with Crippen LogP contribution in [-0.4, -0.2) is 51.2 Å². The summed E-state index contributed by atoms with van der Waals surface area (Å²) in [6.07, 6.45) is 0.191. The number of nitrogens with one attached hydrogen (secondary N) is 1. The monoisotopic (exact) mass is 295 g/mol. The van der Waals surface area contributed by atoms with Gasteiger partial charge in [-0.1, -0.05) is 0 Å². The van der Waals surface area contributed by atoms with Gasteiger partial charge >= 0.3 is 12.1 Å². The summed E-state index contributed by atoms with van der Waals surface area (Å²) in [5.41, 5.74) is -0.707. The Morgan fingerprint density at radius 2 is 1.79 bits per heavy atom. The van der Waals surface area contributed by atoms with Gasteiger partial charge in [-0.25, -0.2) is 18.0 Å². The van der Waals surface area contributed by atoms with Gasteiger partial charge in [0.2, 0.25) is 0 Å². The van der Waals surface area contributed by atoms with Crippen LogP contribution < -0.4 is 5.32 Å². The van der Waals surface area contributed by atoms with E-state index in [0.29, 0.717) is 0 Å². The van der Waals surface area contributed by atoms with Gasteiger partial charge < -0.3 is 14.8 Å². The minimum Gasteiger partial charge on any atom is -0.467 e. The first-order valence-electron chi connectivity index (χ1n) is 5.69. The van der Waals surface area contributed by atoms with E-state index < -0.39 is 33.5 Å².